The molecule has 11 heavy (non-hydrogen) atoms. The first kappa shape index (κ1) is 8.17. The van der Waals surface area contributed by atoms with Crippen LogP contribution < -0.4 is 0 Å². The molecule has 1 unspecified atom stereocenters. The molecule has 0 aromatic carbocycles. The first-order valence-corrected chi connectivity index (χ1v) is 3.81. The van der Waals surface area contributed by atoms with Gasteiger partial charge in [-0.1, -0.05) is 16.8 Å². The van der Waals surface area contributed by atoms with E-state index in [1.165, 1.54) is 7.11 Å². The zero-order chi connectivity index (χ0) is 8.10. The van der Waals surface area contributed by atoms with Gasteiger partial charge in [0.05, 0.1) is 5.71 Å². The van der Waals surface area contributed by atoms with Crippen LogP contribution in [-0.4, -0.2) is 18.9 Å². The highest BCUT2D eigenvalue weighted by molar-refractivity contribution is 5.89. The molecule has 1 aliphatic rings. The molecule has 0 aromatic heterocycles. The third kappa shape index (κ3) is 2.00. The fourth-order valence-electron chi connectivity index (χ4n) is 1.31. The van der Waals surface area contributed by atoms with E-state index >= 15 is 0 Å². The van der Waals surface area contributed by atoms with E-state index < -0.39 is 0 Å². The Morgan fingerprint density at radius 1 is 1.55 bits per heavy atom. The summed E-state index contributed by atoms with van der Waals surface area (Å²) < 4.78 is 0. The van der Waals surface area contributed by atoms with E-state index in [1.54, 1.807) is 0 Å². The van der Waals surface area contributed by atoms with E-state index in [0.717, 1.165) is 31.4 Å². The Bertz CT molecular complexity index is 168. The molecule has 0 N–H and O–H groups in total. The minimum Gasteiger partial charge on any atom is -0.399 e. The van der Waals surface area contributed by atoms with E-state index in [-0.39, 0.29) is 6.04 Å². The van der Waals surface area contributed by atoms with Crippen molar-refractivity contribution in [1.82, 2.24) is 0 Å². The Labute approximate surface area is 65.6 Å². The van der Waals surface area contributed by atoms with Crippen LogP contribution in [0.4, 0.5) is 0 Å². The summed E-state index contributed by atoms with van der Waals surface area (Å²) in [5.41, 5.74) is 0.800. The van der Waals surface area contributed by atoms with Gasteiger partial charge in [-0.3, -0.25) is 0 Å². The molecule has 4 nitrogen and oxygen atoms in total. The molecule has 0 saturated heterocycles. The maximum atomic E-state index is 10.3. The van der Waals surface area contributed by atoms with Gasteiger partial charge < -0.3 is 4.84 Å². The van der Waals surface area contributed by atoms with Gasteiger partial charge in [-0.05, 0) is 19.3 Å². The van der Waals surface area contributed by atoms with Crippen LogP contribution in [0.1, 0.15) is 25.7 Å². The molecule has 0 aromatic rings. The van der Waals surface area contributed by atoms with Crippen molar-refractivity contribution in [3.05, 3.63) is 4.91 Å². The molecule has 0 heterocycles. The summed E-state index contributed by atoms with van der Waals surface area (Å²) in [6.07, 6.45) is 3.84. The fraction of sp³-hybridized carbons (Fsp3) is 0.857. The largest absolute Gasteiger partial charge is 0.399 e. The van der Waals surface area contributed by atoms with Gasteiger partial charge in [0.1, 0.15) is 13.2 Å². The molecule has 0 bridgehead atoms. The summed E-state index contributed by atoms with van der Waals surface area (Å²) in [4.78, 5) is 14.9. The SMILES string of the molecule is CON=C1CCCCC1N=O. The molecule has 1 fully saturated rings. The molecule has 0 spiro atoms. The predicted molar refractivity (Wildman–Crippen MR) is 42.5 cm³/mol. The fourth-order valence-corrected chi connectivity index (χ4v) is 1.31. The van der Waals surface area contributed by atoms with Gasteiger partial charge in [-0.2, -0.15) is 4.91 Å². The summed E-state index contributed by atoms with van der Waals surface area (Å²) in [5, 5.41) is 6.75. The minimum absolute atomic E-state index is 0.233. The molecule has 1 atom stereocenters. The second-order valence-electron chi connectivity index (χ2n) is 2.63. The standard InChI is InChI=1S/C7H12N2O2/c1-11-9-7-5-3-2-4-6(7)8-10/h6H,2-5H2,1H3. The number of nitrogens with zero attached hydrogens (tertiary/aromatic N) is 2. The summed E-state index contributed by atoms with van der Waals surface area (Å²) >= 11 is 0. The number of hydrogen-bond donors (Lipinski definition) is 0. The molecule has 1 saturated carbocycles. The highest BCUT2D eigenvalue weighted by atomic mass is 16.6. The second kappa shape index (κ2) is 4.05. The second-order valence-corrected chi connectivity index (χ2v) is 2.63. The number of oxime groups is 1. The van der Waals surface area contributed by atoms with E-state index in [1.807, 2.05) is 0 Å². The third-order valence-corrected chi connectivity index (χ3v) is 1.88. The third-order valence-electron chi connectivity index (χ3n) is 1.88. The van der Waals surface area contributed by atoms with Crippen LogP contribution in [0, 0.1) is 4.91 Å². The van der Waals surface area contributed by atoms with Crippen LogP contribution in [0.2, 0.25) is 0 Å². The lowest BCUT2D eigenvalue weighted by molar-refractivity contribution is 0.210. The average Bonchev–Trinajstić information content (AvgIpc) is 2.06. The monoisotopic (exact) mass is 156 g/mol. The van der Waals surface area contributed by atoms with Gasteiger partial charge in [0.25, 0.3) is 0 Å². The molecule has 0 radical (unpaired) electrons. The van der Waals surface area contributed by atoms with Crippen LogP contribution >= 0.6 is 0 Å². The van der Waals surface area contributed by atoms with Crippen LogP contribution in [0.15, 0.2) is 10.3 Å². The lowest BCUT2D eigenvalue weighted by atomic mass is 9.94. The van der Waals surface area contributed by atoms with Crippen LogP contribution in [-0.2, 0) is 4.84 Å². The number of rotatable bonds is 2. The van der Waals surface area contributed by atoms with E-state index in [0.29, 0.717) is 0 Å². The van der Waals surface area contributed by atoms with Crippen molar-refractivity contribution in [2.75, 3.05) is 7.11 Å². The zero-order valence-electron chi connectivity index (χ0n) is 6.62. The molecule has 1 aliphatic carbocycles. The summed E-state index contributed by atoms with van der Waals surface area (Å²) in [5.74, 6) is 0. The van der Waals surface area contributed by atoms with Crippen LogP contribution in [0.3, 0.4) is 0 Å². The minimum atomic E-state index is -0.233. The normalized spacial score (nSPS) is 28.5. The summed E-state index contributed by atoms with van der Waals surface area (Å²) in [6, 6.07) is -0.233. The van der Waals surface area contributed by atoms with Gasteiger partial charge in [0.15, 0.2) is 0 Å². The molecule has 62 valence electrons. The molecule has 0 aliphatic heterocycles. The Morgan fingerprint density at radius 3 is 3.00 bits per heavy atom. The van der Waals surface area contributed by atoms with Crippen molar-refractivity contribution in [2.45, 2.75) is 31.7 Å². The smallest absolute Gasteiger partial charge is 0.133 e. The molecule has 4 heteroatoms. The Morgan fingerprint density at radius 2 is 2.36 bits per heavy atom. The topological polar surface area (TPSA) is 51.0 Å². The van der Waals surface area contributed by atoms with Crippen molar-refractivity contribution in [1.29, 1.82) is 0 Å². The van der Waals surface area contributed by atoms with Crippen molar-refractivity contribution < 1.29 is 4.84 Å². The Balaban J connectivity index is 2.58. The first-order valence-electron chi connectivity index (χ1n) is 3.81. The van der Waals surface area contributed by atoms with Gasteiger partial charge >= 0.3 is 0 Å². The van der Waals surface area contributed by atoms with Crippen LogP contribution in [0.25, 0.3) is 0 Å². The van der Waals surface area contributed by atoms with Gasteiger partial charge in [-0.15, -0.1) is 0 Å². The van der Waals surface area contributed by atoms with Crippen LogP contribution in [0.5, 0.6) is 0 Å². The number of hydrogen-bond acceptors (Lipinski definition) is 4. The van der Waals surface area contributed by atoms with Crippen molar-refractivity contribution >= 4 is 5.71 Å². The highest BCUT2D eigenvalue weighted by Gasteiger charge is 2.21. The first-order chi connectivity index (χ1) is 5.38. The molecular weight excluding hydrogens is 144 g/mol. The van der Waals surface area contributed by atoms with Gasteiger partial charge in [0.2, 0.25) is 0 Å². The number of nitroso groups, excluding NO2 is 1. The maximum absolute atomic E-state index is 10.3. The lowest BCUT2D eigenvalue weighted by Gasteiger charge is -2.16. The van der Waals surface area contributed by atoms with E-state index in [4.69, 9.17) is 0 Å². The summed E-state index contributed by atoms with van der Waals surface area (Å²) in [7, 11) is 1.49. The predicted octanol–water partition coefficient (Wildman–Crippen LogP) is 1.70. The lowest BCUT2D eigenvalue weighted by Crippen LogP contribution is -2.22. The van der Waals surface area contributed by atoms with E-state index in [9.17, 15) is 4.91 Å². The van der Waals surface area contributed by atoms with Gasteiger partial charge in [-0.25, -0.2) is 0 Å². The van der Waals surface area contributed by atoms with Crippen molar-refractivity contribution in [3.8, 4) is 0 Å². The maximum Gasteiger partial charge on any atom is 0.133 e. The molecule has 0 amide bonds. The average molecular weight is 156 g/mol. The van der Waals surface area contributed by atoms with Gasteiger partial charge in [0, 0.05) is 0 Å². The zero-order valence-corrected chi connectivity index (χ0v) is 6.62. The van der Waals surface area contributed by atoms with Crippen molar-refractivity contribution in [2.24, 2.45) is 10.3 Å². The highest BCUT2D eigenvalue weighted by Crippen LogP contribution is 2.18. The molecule has 1 rings (SSSR count). The Kier molecular flexibility index (Phi) is 3.01. The molecular formula is C7H12N2O2. The Hall–Kier alpha value is -0.930. The quantitative estimate of drug-likeness (QED) is 0.451. The van der Waals surface area contributed by atoms with E-state index in [2.05, 4.69) is 15.2 Å². The summed E-state index contributed by atoms with van der Waals surface area (Å²) in [6.45, 7) is 0. The van der Waals surface area contributed by atoms with Crippen molar-refractivity contribution in [3.63, 3.8) is 0 Å².